The SMILES string of the molecule is CN(CCC(=O)O)C(=O)Cc1cc(F)c(Cl)cc1[N+](=O)[O-]. The van der Waals surface area contributed by atoms with Crippen molar-refractivity contribution in [1.82, 2.24) is 4.90 Å². The van der Waals surface area contributed by atoms with Gasteiger partial charge in [-0.05, 0) is 6.07 Å². The molecule has 21 heavy (non-hydrogen) atoms. The number of rotatable bonds is 6. The fraction of sp³-hybridized carbons (Fsp3) is 0.333. The molecule has 0 aliphatic heterocycles. The van der Waals surface area contributed by atoms with Crippen LogP contribution in [0.25, 0.3) is 0 Å². The molecule has 0 unspecified atom stereocenters. The number of hydrogen-bond donors (Lipinski definition) is 1. The van der Waals surface area contributed by atoms with Crippen molar-refractivity contribution < 1.29 is 24.0 Å². The molecule has 7 nitrogen and oxygen atoms in total. The number of hydrogen-bond acceptors (Lipinski definition) is 4. The van der Waals surface area contributed by atoms with Crippen molar-refractivity contribution in [2.24, 2.45) is 0 Å². The lowest BCUT2D eigenvalue weighted by molar-refractivity contribution is -0.385. The van der Waals surface area contributed by atoms with E-state index in [1.54, 1.807) is 0 Å². The first-order valence-electron chi connectivity index (χ1n) is 5.80. The minimum absolute atomic E-state index is 0.0436. The van der Waals surface area contributed by atoms with Crippen LogP contribution in [0, 0.1) is 15.9 Å². The lowest BCUT2D eigenvalue weighted by Gasteiger charge is -2.16. The topological polar surface area (TPSA) is 101 Å². The largest absolute Gasteiger partial charge is 0.481 e. The number of nitro groups is 1. The van der Waals surface area contributed by atoms with Crippen molar-refractivity contribution in [3.8, 4) is 0 Å². The summed E-state index contributed by atoms with van der Waals surface area (Å²) in [6, 6.07) is 1.68. The lowest BCUT2D eigenvalue weighted by atomic mass is 10.1. The highest BCUT2D eigenvalue weighted by Gasteiger charge is 2.21. The van der Waals surface area contributed by atoms with Gasteiger partial charge in [-0.2, -0.15) is 0 Å². The summed E-state index contributed by atoms with van der Waals surface area (Å²) in [5.74, 6) is -2.49. The third-order valence-electron chi connectivity index (χ3n) is 2.75. The van der Waals surface area contributed by atoms with Gasteiger partial charge in [-0.15, -0.1) is 0 Å². The van der Waals surface area contributed by atoms with E-state index in [1.165, 1.54) is 7.05 Å². The second kappa shape index (κ2) is 6.98. The van der Waals surface area contributed by atoms with Crippen LogP contribution >= 0.6 is 11.6 Å². The van der Waals surface area contributed by atoms with Gasteiger partial charge in [0.2, 0.25) is 5.91 Å². The van der Waals surface area contributed by atoms with Crippen molar-refractivity contribution in [1.29, 1.82) is 0 Å². The number of carboxylic acids is 1. The second-order valence-corrected chi connectivity index (χ2v) is 4.70. The van der Waals surface area contributed by atoms with Gasteiger partial charge in [0.1, 0.15) is 5.82 Å². The molecule has 0 spiro atoms. The smallest absolute Gasteiger partial charge is 0.305 e. The number of halogens is 2. The Morgan fingerprint density at radius 1 is 1.48 bits per heavy atom. The minimum atomic E-state index is -1.07. The molecule has 0 radical (unpaired) electrons. The maximum absolute atomic E-state index is 13.4. The van der Waals surface area contributed by atoms with Gasteiger partial charge in [0.25, 0.3) is 5.69 Å². The molecule has 0 aliphatic carbocycles. The predicted molar refractivity (Wildman–Crippen MR) is 71.7 cm³/mol. The minimum Gasteiger partial charge on any atom is -0.481 e. The third-order valence-corrected chi connectivity index (χ3v) is 3.04. The number of nitrogens with zero attached hydrogens (tertiary/aromatic N) is 2. The quantitative estimate of drug-likeness (QED) is 0.637. The number of likely N-dealkylation sites (N-methyl/N-ethyl adjacent to an activating group) is 1. The van der Waals surface area contributed by atoms with Crippen molar-refractivity contribution in [2.75, 3.05) is 13.6 Å². The highest BCUT2D eigenvalue weighted by Crippen LogP contribution is 2.26. The Hall–Kier alpha value is -2.22. The molecule has 9 heteroatoms. The number of carbonyl (C=O) groups excluding carboxylic acids is 1. The van der Waals surface area contributed by atoms with Gasteiger partial charge in [0, 0.05) is 25.2 Å². The summed E-state index contributed by atoms with van der Waals surface area (Å²) in [5.41, 5.74) is -0.574. The van der Waals surface area contributed by atoms with Crippen molar-refractivity contribution in [3.05, 3.63) is 38.7 Å². The number of carbonyl (C=O) groups is 2. The second-order valence-electron chi connectivity index (χ2n) is 4.29. The van der Waals surface area contributed by atoms with Crippen LogP contribution in [0.4, 0.5) is 10.1 Å². The monoisotopic (exact) mass is 318 g/mol. The first-order chi connectivity index (χ1) is 9.72. The number of nitro benzene ring substituents is 1. The Balaban J connectivity index is 2.91. The van der Waals surface area contributed by atoms with E-state index in [2.05, 4.69) is 0 Å². The van der Waals surface area contributed by atoms with Gasteiger partial charge in [0.15, 0.2) is 0 Å². The number of carboxylic acid groups (broad SMARTS) is 1. The van der Waals surface area contributed by atoms with Gasteiger partial charge < -0.3 is 10.0 Å². The van der Waals surface area contributed by atoms with Gasteiger partial charge in [-0.1, -0.05) is 11.6 Å². The summed E-state index contributed by atoms with van der Waals surface area (Å²) >= 11 is 5.47. The zero-order valence-corrected chi connectivity index (χ0v) is 11.8. The molecule has 0 heterocycles. The van der Waals surface area contributed by atoms with Crippen LogP contribution in [0.5, 0.6) is 0 Å². The van der Waals surface area contributed by atoms with E-state index in [0.29, 0.717) is 0 Å². The molecule has 1 rings (SSSR count). The summed E-state index contributed by atoms with van der Waals surface area (Å²) in [4.78, 5) is 33.5. The summed E-state index contributed by atoms with van der Waals surface area (Å²) in [6.45, 7) is -0.0436. The molecule has 0 saturated heterocycles. The van der Waals surface area contributed by atoms with Gasteiger partial charge in [-0.3, -0.25) is 19.7 Å². The third kappa shape index (κ3) is 4.67. The van der Waals surface area contributed by atoms with Crippen LogP contribution in [0.15, 0.2) is 12.1 Å². The van der Waals surface area contributed by atoms with Crippen LogP contribution in [0.2, 0.25) is 5.02 Å². The van der Waals surface area contributed by atoms with Crippen molar-refractivity contribution in [3.63, 3.8) is 0 Å². The molecule has 0 fully saturated rings. The molecule has 1 aromatic carbocycles. The van der Waals surface area contributed by atoms with Crippen molar-refractivity contribution in [2.45, 2.75) is 12.8 Å². The summed E-state index contributed by atoms with van der Waals surface area (Å²) < 4.78 is 13.4. The molecule has 0 aliphatic rings. The van der Waals surface area contributed by atoms with Crippen LogP contribution in [-0.4, -0.2) is 40.4 Å². The standard InChI is InChI=1S/C12H12ClFN2O5/c1-15(3-2-12(18)19)11(17)5-7-4-9(14)8(13)6-10(7)16(20)21/h4,6H,2-3,5H2,1H3,(H,18,19). The first kappa shape index (κ1) is 16.8. The molecule has 0 atom stereocenters. The van der Waals surface area contributed by atoms with Crippen molar-refractivity contribution >= 4 is 29.2 Å². The number of amides is 1. The maximum Gasteiger partial charge on any atom is 0.305 e. The van der Waals surface area contributed by atoms with Gasteiger partial charge in [0.05, 0.1) is 22.8 Å². The summed E-state index contributed by atoms with van der Waals surface area (Å²) in [5, 5.41) is 19.0. The first-order valence-corrected chi connectivity index (χ1v) is 6.18. The number of benzene rings is 1. The van der Waals surface area contributed by atoms with E-state index in [-0.39, 0.29) is 18.5 Å². The van der Waals surface area contributed by atoms with E-state index in [1.807, 2.05) is 0 Å². The average molecular weight is 319 g/mol. The Kier molecular flexibility index (Phi) is 5.60. The molecule has 0 aromatic heterocycles. The molecule has 1 N–H and O–H groups in total. The predicted octanol–water partition coefficient (Wildman–Crippen LogP) is 1.86. The van der Waals surface area contributed by atoms with Gasteiger partial charge >= 0.3 is 5.97 Å². The van der Waals surface area contributed by atoms with E-state index < -0.39 is 39.7 Å². The summed E-state index contributed by atoms with van der Waals surface area (Å²) in [7, 11) is 1.36. The van der Waals surface area contributed by atoms with E-state index >= 15 is 0 Å². The molecular weight excluding hydrogens is 307 g/mol. The zero-order valence-electron chi connectivity index (χ0n) is 11.0. The van der Waals surface area contributed by atoms with E-state index in [4.69, 9.17) is 16.7 Å². The Bertz CT molecular complexity index is 593. The molecule has 1 amide bonds. The van der Waals surface area contributed by atoms with E-state index in [0.717, 1.165) is 17.0 Å². The average Bonchev–Trinajstić information content (AvgIpc) is 2.39. The van der Waals surface area contributed by atoms with Crippen LogP contribution in [0.1, 0.15) is 12.0 Å². The highest BCUT2D eigenvalue weighted by atomic mass is 35.5. The fourth-order valence-corrected chi connectivity index (χ4v) is 1.73. The normalized spacial score (nSPS) is 10.2. The molecule has 1 aromatic rings. The molecular formula is C12H12ClFN2O5. The van der Waals surface area contributed by atoms with Crippen LogP contribution in [-0.2, 0) is 16.0 Å². The highest BCUT2D eigenvalue weighted by molar-refractivity contribution is 6.31. The zero-order chi connectivity index (χ0) is 16.2. The van der Waals surface area contributed by atoms with E-state index in [9.17, 15) is 24.1 Å². The Morgan fingerprint density at radius 3 is 2.62 bits per heavy atom. The number of aliphatic carboxylic acids is 1. The Labute approximate surface area is 124 Å². The molecule has 0 saturated carbocycles. The summed E-state index contributed by atoms with van der Waals surface area (Å²) in [6.07, 6.45) is -0.667. The maximum atomic E-state index is 13.4. The Morgan fingerprint density at radius 2 is 2.10 bits per heavy atom. The van der Waals surface area contributed by atoms with Gasteiger partial charge in [-0.25, -0.2) is 4.39 Å². The lowest BCUT2D eigenvalue weighted by Crippen LogP contribution is -2.30. The van der Waals surface area contributed by atoms with Crippen LogP contribution < -0.4 is 0 Å². The fourth-order valence-electron chi connectivity index (χ4n) is 1.58. The molecule has 0 bridgehead atoms. The van der Waals surface area contributed by atoms with Crippen LogP contribution in [0.3, 0.4) is 0 Å². The molecule has 114 valence electrons.